The van der Waals surface area contributed by atoms with Crippen LogP contribution in [0.4, 0.5) is 11.4 Å². The third-order valence-electron chi connectivity index (χ3n) is 3.64. The molecule has 1 N–H and O–H groups in total. The SMILES string of the molecule is O[B]C1=CC=C(N(c2ccccc2)c2ccccc2)CC1. The third kappa shape index (κ3) is 3.09. The quantitative estimate of drug-likeness (QED) is 0.852. The number of rotatable bonds is 4. The molecule has 3 heteroatoms. The van der Waals surface area contributed by atoms with Gasteiger partial charge in [0, 0.05) is 17.1 Å². The highest BCUT2D eigenvalue weighted by molar-refractivity contribution is 6.36. The largest absolute Gasteiger partial charge is 0.450 e. The van der Waals surface area contributed by atoms with Crippen LogP contribution in [0.15, 0.2) is 84.0 Å². The molecular formula is C18H17BNO. The monoisotopic (exact) mass is 274 g/mol. The molecule has 0 heterocycles. The topological polar surface area (TPSA) is 23.5 Å². The van der Waals surface area contributed by atoms with Crippen molar-refractivity contribution in [2.24, 2.45) is 0 Å². The van der Waals surface area contributed by atoms with Crippen LogP contribution in [0.2, 0.25) is 0 Å². The van der Waals surface area contributed by atoms with Crippen LogP contribution in [0, 0.1) is 0 Å². The van der Waals surface area contributed by atoms with Crippen molar-refractivity contribution >= 4 is 18.9 Å². The van der Waals surface area contributed by atoms with Gasteiger partial charge in [0.25, 0.3) is 0 Å². The second kappa shape index (κ2) is 6.46. The summed E-state index contributed by atoms with van der Waals surface area (Å²) >= 11 is 0. The van der Waals surface area contributed by atoms with Crippen LogP contribution in [0.5, 0.6) is 0 Å². The van der Waals surface area contributed by atoms with Gasteiger partial charge in [0.2, 0.25) is 0 Å². The van der Waals surface area contributed by atoms with E-state index in [-0.39, 0.29) is 0 Å². The molecule has 0 atom stereocenters. The molecule has 1 aliphatic carbocycles. The van der Waals surface area contributed by atoms with Crippen LogP contribution >= 0.6 is 0 Å². The number of para-hydroxylation sites is 2. The Balaban J connectivity index is 2.02. The van der Waals surface area contributed by atoms with Gasteiger partial charge >= 0.3 is 7.48 Å². The maximum Gasteiger partial charge on any atom is 0.322 e. The predicted molar refractivity (Wildman–Crippen MR) is 88.4 cm³/mol. The number of hydrogen-bond donors (Lipinski definition) is 1. The molecule has 21 heavy (non-hydrogen) atoms. The average molecular weight is 274 g/mol. The molecule has 0 fully saturated rings. The minimum atomic E-state index is 0.860. The predicted octanol–water partition coefficient (Wildman–Crippen LogP) is 4.00. The Bertz CT molecular complexity index is 610. The maximum absolute atomic E-state index is 9.11. The van der Waals surface area contributed by atoms with E-state index in [4.69, 9.17) is 5.02 Å². The van der Waals surface area contributed by atoms with Crippen molar-refractivity contribution in [3.05, 3.63) is 84.0 Å². The summed E-state index contributed by atoms with van der Waals surface area (Å²) in [5, 5.41) is 9.11. The average Bonchev–Trinajstić information content (AvgIpc) is 2.58. The van der Waals surface area contributed by atoms with Gasteiger partial charge < -0.3 is 9.92 Å². The molecule has 2 aromatic rings. The van der Waals surface area contributed by atoms with Crippen molar-refractivity contribution in [1.82, 2.24) is 0 Å². The first-order valence-corrected chi connectivity index (χ1v) is 7.16. The highest BCUT2D eigenvalue weighted by atomic mass is 16.2. The summed E-state index contributed by atoms with van der Waals surface area (Å²) in [6.45, 7) is 0. The first-order valence-electron chi connectivity index (χ1n) is 7.16. The zero-order chi connectivity index (χ0) is 14.5. The van der Waals surface area contributed by atoms with Gasteiger partial charge in [-0.2, -0.15) is 0 Å². The normalized spacial score (nSPS) is 14.1. The van der Waals surface area contributed by atoms with E-state index in [1.807, 2.05) is 18.2 Å². The van der Waals surface area contributed by atoms with Crippen molar-refractivity contribution in [3.63, 3.8) is 0 Å². The van der Waals surface area contributed by atoms with E-state index < -0.39 is 0 Å². The molecule has 2 aromatic carbocycles. The molecule has 0 aromatic heterocycles. The Hall–Kier alpha value is -2.26. The highest BCUT2D eigenvalue weighted by Crippen LogP contribution is 2.33. The van der Waals surface area contributed by atoms with Gasteiger partial charge in [0.15, 0.2) is 0 Å². The van der Waals surface area contributed by atoms with Crippen molar-refractivity contribution in [2.75, 3.05) is 4.90 Å². The molecule has 0 spiro atoms. The lowest BCUT2D eigenvalue weighted by molar-refractivity contribution is 0.607. The van der Waals surface area contributed by atoms with Crippen LogP contribution < -0.4 is 4.90 Å². The minimum Gasteiger partial charge on any atom is -0.450 e. The fourth-order valence-electron chi connectivity index (χ4n) is 2.57. The minimum absolute atomic E-state index is 0.860. The van der Waals surface area contributed by atoms with E-state index in [0.29, 0.717) is 0 Å². The first kappa shape index (κ1) is 13.7. The van der Waals surface area contributed by atoms with Crippen molar-refractivity contribution < 1.29 is 5.02 Å². The lowest BCUT2D eigenvalue weighted by Crippen LogP contribution is -2.18. The summed E-state index contributed by atoms with van der Waals surface area (Å²) < 4.78 is 0. The van der Waals surface area contributed by atoms with E-state index in [1.165, 1.54) is 13.2 Å². The van der Waals surface area contributed by atoms with Crippen LogP contribution in [0.25, 0.3) is 0 Å². The maximum atomic E-state index is 9.11. The van der Waals surface area contributed by atoms with Crippen LogP contribution in [0.1, 0.15) is 12.8 Å². The molecule has 0 saturated carbocycles. The summed E-state index contributed by atoms with van der Waals surface area (Å²) in [6, 6.07) is 20.7. The lowest BCUT2D eigenvalue weighted by atomic mass is 9.81. The van der Waals surface area contributed by atoms with Gasteiger partial charge in [-0.15, -0.1) is 0 Å². The molecule has 0 bridgehead atoms. The van der Waals surface area contributed by atoms with E-state index in [9.17, 15) is 0 Å². The number of allylic oxidation sites excluding steroid dienone is 4. The van der Waals surface area contributed by atoms with Gasteiger partial charge in [-0.3, -0.25) is 0 Å². The second-order valence-corrected chi connectivity index (χ2v) is 5.04. The summed E-state index contributed by atoms with van der Waals surface area (Å²) in [6.07, 6.45) is 5.84. The van der Waals surface area contributed by atoms with Gasteiger partial charge in [-0.05, 0) is 43.2 Å². The molecule has 1 aliphatic rings. The molecule has 3 rings (SSSR count). The second-order valence-electron chi connectivity index (χ2n) is 5.04. The smallest absolute Gasteiger partial charge is 0.322 e. The van der Waals surface area contributed by atoms with Crippen LogP contribution in [-0.4, -0.2) is 12.5 Å². The van der Waals surface area contributed by atoms with E-state index >= 15 is 0 Å². The van der Waals surface area contributed by atoms with Crippen molar-refractivity contribution in [2.45, 2.75) is 12.8 Å². The number of anilines is 2. The number of nitrogens with zero attached hydrogens (tertiary/aromatic N) is 1. The summed E-state index contributed by atoms with van der Waals surface area (Å²) in [5.41, 5.74) is 4.51. The zero-order valence-electron chi connectivity index (χ0n) is 11.8. The molecule has 0 amide bonds. The fraction of sp³-hybridized carbons (Fsp3) is 0.111. The standard InChI is InChI=1S/C18H17BNO/c21-19-15-11-13-18(14-12-15)20(16-7-3-1-4-8-16)17-9-5-2-6-10-17/h1-11,13,21H,12,14H2. The van der Waals surface area contributed by atoms with E-state index in [0.717, 1.165) is 29.7 Å². The van der Waals surface area contributed by atoms with Crippen LogP contribution in [-0.2, 0) is 0 Å². The summed E-state index contributed by atoms with van der Waals surface area (Å²) in [4.78, 5) is 2.27. The van der Waals surface area contributed by atoms with E-state index in [1.54, 1.807) is 0 Å². The van der Waals surface area contributed by atoms with Crippen molar-refractivity contribution in [1.29, 1.82) is 0 Å². The zero-order valence-corrected chi connectivity index (χ0v) is 11.8. The highest BCUT2D eigenvalue weighted by Gasteiger charge is 2.16. The molecule has 1 radical (unpaired) electrons. The summed E-state index contributed by atoms with van der Waals surface area (Å²) in [7, 11) is 1.20. The van der Waals surface area contributed by atoms with Gasteiger partial charge in [0.1, 0.15) is 0 Å². The van der Waals surface area contributed by atoms with Gasteiger partial charge in [-0.25, -0.2) is 0 Å². The molecule has 0 aliphatic heterocycles. The van der Waals surface area contributed by atoms with Gasteiger partial charge in [-0.1, -0.05) is 47.9 Å². The number of benzene rings is 2. The molecule has 0 saturated heterocycles. The molecule has 103 valence electrons. The Morgan fingerprint density at radius 1 is 0.762 bits per heavy atom. The molecular weight excluding hydrogens is 257 g/mol. The Labute approximate surface area is 126 Å². The summed E-state index contributed by atoms with van der Waals surface area (Å²) in [5.74, 6) is 0. The molecule has 2 nitrogen and oxygen atoms in total. The molecule has 0 unspecified atom stereocenters. The van der Waals surface area contributed by atoms with E-state index in [2.05, 4.69) is 59.5 Å². The first-order chi connectivity index (χ1) is 10.4. The van der Waals surface area contributed by atoms with Crippen LogP contribution in [0.3, 0.4) is 0 Å². The number of hydrogen-bond acceptors (Lipinski definition) is 2. The third-order valence-corrected chi connectivity index (χ3v) is 3.64. The fourth-order valence-corrected chi connectivity index (χ4v) is 2.57. The Morgan fingerprint density at radius 2 is 1.33 bits per heavy atom. The lowest BCUT2D eigenvalue weighted by Gasteiger charge is -2.29. The Kier molecular flexibility index (Phi) is 4.22. The Morgan fingerprint density at radius 3 is 1.76 bits per heavy atom. The van der Waals surface area contributed by atoms with Crippen molar-refractivity contribution in [3.8, 4) is 0 Å². The van der Waals surface area contributed by atoms with Gasteiger partial charge in [0.05, 0.1) is 0 Å².